The molecule has 1 aliphatic carbocycles. The first-order chi connectivity index (χ1) is 16.3. The van der Waals surface area contributed by atoms with Crippen LogP contribution in [0.2, 0.25) is 0 Å². The maximum Gasteiger partial charge on any atom is 0.407 e. The van der Waals surface area contributed by atoms with Crippen molar-refractivity contribution in [3.63, 3.8) is 0 Å². The molecule has 0 spiro atoms. The van der Waals surface area contributed by atoms with E-state index in [1.165, 1.54) is 0 Å². The second-order valence-electron chi connectivity index (χ2n) is 9.11. The SMILES string of the molecule is CC(C)[C@@H](CC(=O)O)NC(=O)[C@H]1OCC[C@H]1NC(=O)OCC1c2ccccc2-c2ccccc21. The summed E-state index contributed by atoms with van der Waals surface area (Å²) < 4.78 is 11.1. The van der Waals surface area contributed by atoms with Crippen molar-refractivity contribution in [1.82, 2.24) is 10.6 Å². The van der Waals surface area contributed by atoms with Gasteiger partial charge in [-0.2, -0.15) is 0 Å². The fraction of sp³-hybridized carbons (Fsp3) is 0.423. The molecule has 2 amide bonds. The molecule has 2 aromatic carbocycles. The number of alkyl carbamates (subject to hydrolysis) is 1. The highest BCUT2D eigenvalue weighted by molar-refractivity contribution is 5.84. The minimum Gasteiger partial charge on any atom is -0.481 e. The van der Waals surface area contributed by atoms with Crippen LogP contribution in [0.3, 0.4) is 0 Å². The minimum absolute atomic E-state index is 0.0557. The number of amides is 2. The molecule has 180 valence electrons. The Hall–Kier alpha value is -3.39. The van der Waals surface area contributed by atoms with Crippen molar-refractivity contribution in [2.75, 3.05) is 13.2 Å². The number of carbonyl (C=O) groups excluding carboxylic acids is 2. The topological polar surface area (TPSA) is 114 Å². The van der Waals surface area contributed by atoms with Crippen molar-refractivity contribution in [3.8, 4) is 11.1 Å². The Morgan fingerprint density at radius 1 is 1.06 bits per heavy atom. The zero-order chi connectivity index (χ0) is 24.2. The quantitative estimate of drug-likeness (QED) is 0.550. The number of hydrogen-bond donors (Lipinski definition) is 3. The van der Waals surface area contributed by atoms with Gasteiger partial charge in [0.05, 0.1) is 12.5 Å². The van der Waals surface area contributed by atoms with Gasteiger partial charge in [-0.05, 0) is 34.6 Å². The molecule has 0 saturated carbocycles. The molecule has 0 aromatic heterocycles. The fourth-order valence-electron chi connectivity index (χ4n) is 4.69. The van der Waals surface area contributed by atoms with Gasteiger partial charge in [0.15, 0.2) is 6.10 Å². The highest BCUT2D eigenvalue weighted by atomic mass is 16.6. The number of nitrogens with one attached hydrogen (secondary N) is 2. The van der Waals surface area contributed by atoms with E-state index >= 15 is 0 Å². The zero-order valence-electron chi connectivity index (χ0n) is 19.3. The standard InChI is InChI=1S/C26H30N2O6/c1-15(2)22(13-23(29)30)27-25(31)24-21(11-12-33-24)28-26(32)34-14-20-18-9-5-3-7-16(18)17-8-4-6-10-19(17)20/h3-10,15,20-22,24H,11-14H2,1-2H3,(H,27,31)(H,28,32)(H,29,30)/t21-,22-,24+/m1/s1. The summed E-state index contributed by atoms with van der Waals surface area (Å²) in [7, 11) is 0. The number of hydrogen-bond acceptors (Lipinski definition) is 5. The third-order valence-electron chi connectivity index (χ3n) is 6.52. The lowest BCUT2D eigenvalue weighted by molar-refractivity contribution is -0.138. The van der Waals surface area contributed by atoms with Gasteiger partial charge in [0.25, 0.3) is 5.91 Å². The first kappa shape index (κ1) is 23.8. The summed E-state index contributed by atoms with van der Waals surface area (Å²) in [5.41, 5.74) is 4.54. The predicted molar refractivity (Wildman–Crippen MR) is 125 cm³/mol. The molecule has 0 bridgehead atoms. The molecule has 1 fully saturated rings. The van der Waals surface area contributed by atoms with E-state index in [2.05, 4.69) is 34.9 Å². The van der Waals surface area contributed by atoms with Gasteiger partial charge in [-0.3, -0.25) is 9.59 Å². The molecule has 0 unspecified atom stereocenters. The summed E-state index contributed by atoms with van der Waals surface area (Å²) in [6, 6.07) is 15.1. The molecule has 34 heavy (non-hydrogen) atoms. The van der Waals surface area contributed by atoms with E-state index in [1.54, 1.807) is 0 Å². The largest absolute Gasteiger partial charge is 0.481 e. The van der Waals surface area contributed by atoms with Crippen molar-refractivity contribution < 1.29 is 29.0 Å². The van der Waals surface area contributed by atoms with Crippen LogP contribution in [0.5, 0.6) is 0 Å². The molecule has 3 atom stereocenters. The van der Waals surface area contributed by atoms with Gasteiger partial charge in [-0.1, -0.05) is 62.4 Å². The average molecular weight is 467 g/mol. The number of rotatable bonds is 8. The number of carboxylic acid groups (broad SMARTS) is 1. The van der Waals surface area contributed by atoms with Crippen LogP contribution < -0.4 is 10.6 Å². The third kappa shape index (κ3) is 5.07. The molecule has 4 rings (SSSR count). The lowest BCUT2D eigenvalue weighted by Crippen LogP contribution is -2.52. The number of fused-ring (bicyclic) bond motifs is 3. The van der Waals surface area contributed by atoms with E-state index in [1.807, 2.05) is 38.1 Å². The van der Waals surface area contributed by atoms with Crippen LogP contribution in [0.15, 0.2) is 48.5 Å². The smallest absolute Gasteiger partial charge is 0.407 e. The van der Waals surface area contributed by atoms with E-state index in [0.717, 1.165) is 22.3 Å². The van der Waals surface area contributed by atoms with E-state index in [-0.39, 0.29) is 24.9 Å². The van der Waals surface area contributed by atoms with Crippen LogP contribution in [0.1, 0.15) is 43.7 Å². The molecule has 8 nitrogen and oxygen atoms in total. The maximum absolute atomic E-state index is 12.8. The molecule has 2 aromatic rings. The van der Waals surface area contributed by atoms with E-state index < -0.39 is 36.2 Å². The van der Waals surface area contributed by atoms with E-state index in [4.69, 9.17) is 14.6 Å². The summed E-state index contributed by atoms with van der Waals surface area (Å²) in [5, 5.41) is 14.6. The van der Waals surface area contributed by atoms with E-state index in [9.17, 15) is 14.4 Å². The van der Waals surface area contributed by atoms with Crippen LogP contribution in [-0.2, 0) is 19.1 Å². The van der Waals surface area contributed by atoms with Crippen molar-refractivity contribution in [1.29, 1.82) is 0 Å². The monoisotopic (exact) mass is 466 g/mol. The minimum atomic E-state index is -0.986. The first-order valence-electron chi connectivity index (χ1n) is 11.6. The van der Waals surface area contributed by atoms with Gasteiger partial charge in [0, 0.05) is 18.6 Å². The first-order valence-corrected chi connectivity index (χ1v) is 11.6. The normalized spacial score (nSPS) is 19.9. The van der Waals surface area contributed by atoms with Crippen LogP contribution in [-0.4, -0.2) is 54.5 Å². The molecular formula is C26H30N2O6. The van der Waals surface area contributed by atoms with Crippen LogP contribution in [0.25, 0.3) is 11.1 Å². The number of carbonyl (C=O) groups is 3. The highest BCUT2D eigenvalue weighted by Crippen LogP contribution is 2.44. The van der Waals surface area contributed by atoms with Gasteiger partial charge >= 0.3 is 12.1 Å². The maximum atomic E-state index is 12.8. The Morgan fingerprint density at radius 3 is 2.26 bits per heavy atom. The molecule has 2 aliphatic rings. The molecular weight excluding hydrogens is 436 g/mol. The van der Waals surface area contributed by atoms with Crippen LogP contribution in [0.4, 0.5) is 4.79 Å². The summed E-state index contributed by atoms with van der Waals surface area (Å²) in [5.74, 6) is -1.53. The Labute approximate surface area is 198 Å². The van der Waals surface area contributed by atoms with Crippen LogP contribution >= 0.6 is 0 Å². The van der Waals surface area contributed by atoms with E-state index in [0.29, 0.717) is 13.0 Å². The average Bonchev–Trinajstić information content (AvgIpc) is 3.39. The summed E-state index contributed by atoms with van der Waals surface area (Å²) in [6.45, 7) is 4.18. The Morgan fingerprint density at radius 2 is 1.68 bits per heavy atom. The number of aliphatic carboxylic acids is 1. The van der Waals surface area contributed by atoms with Gasteiger partial charge in [0.2, 0.25) is 0 Å². The molecule has 1 saturated heterocycles. The van der Waals surface area contributed by atoms with Gasteiger partial charge in [-0.25, -0.2) is 4.79 Å². The number of ether oxygens (including phenoxy) is 2. The lowest BCUT2D eigenvalue weighted by Gasteiger charge is -2.25. The summed E-state index contributed by atoms with van der Waals surface area (Å²) in [6.07, 6.45) is -1.22. The summed E-state index contributed by atoms with van der Waals surface area (Å²) in [4.78, 5) is 36.5. The van der Waals surface area contributed by atoms with Crippen molar-refractivity contribution in [3.05, 3.63) is 59.7 Å². The van der Waals surface area contributed by atoms with Crippen molar-refractivity contribution in [2.45, 2.75) is 50.8 Å². The van der Waals surface area contributed by atoms with Crippen molar-refractivity contribution in [2.24, 2.45) is 5.92 Å². The molecule has 3 N–H and O–H groups in total. The molecule has 8 heteroatoms. The summed E-state index contributed by atoms with van der Waals surface area (Å²) >= 11 is 0. The number of carboxylic acids is 1. The Kier molecular flexibility index (Phi) is 7.17. The second kappa shape index (κ2) is 10.3. The zero-order valence-corrected chi connectivity index (χ0v) is 19.3. The van der Waals surface area contributed by atoms with Crippen LogP contribution in [0, 0.1) is 5.92 Å². The van der Waals surface area contributed by atoms with Gasteiger partial charge in [-0.15, -0.1) is 0 Å². The van der Waals surface area contributed by atoms with Gasteiger partial charge < -0.3 is 25.2 Å². The van der Waals surface area contributed by atoms with Crippen molar-refractivity contribution >= 4 is 18.0 Å². The fourth-order valence-corrected chi connectivity index (χ4v) is 4.69. The molecule has 1 aliphatic heterocycles. The second-order valence-corrected chi connectivity index (χ2v) is 9.11. The Balaban J connectivity index is 1.36. The number of benzene rings is 2. The molecule has 0 radical (unpaired) electrons. The van der Waals surface area contributed by atoms with Gasteiger partial charge in [0.1, 0.15) is 6.61 Å². The highest BCUT2D eigenvalue weighted by Gasteiger charge is 2.37. The predicted octanol–water partition coefficient (Wildman–Crippen LogP) is 3.30. The third-order valence-corrected chi connectivity index (χ3v) is 6.52. The Bertz CT molecular complexity index is 1020. The lowest BCUT2D eigenvalue weighted by atomic mass is 9.98. The molecule has 1 heterocycles.